The molecular weight excluding hydrogens is 652 g/mol. The summed E-state index contributed by atoms with van der Waals surface area (Å²) < 4.78 is 50.6. The Hall–Kier alpha value is -3.99. The van der Waals surface area contributed by atoms with Crippen molar-refractivity contribution in [1.82, 2.24) is 5.32 Å². The van der Waals surface area contributed by atoms with Gasteiger partial charge in [-0.1, -0.05) is 0 Å². The van der Waals surface area contributed by atoms with Crippen LogP contribution in [0.25, 0.3) is 0 Å². The third kappa shape index (κ3) is 12.3. The molecule has 0 saturated carbocycles. The minimum Gasteiger partial charge on any atom is -0.463 e. The average Bonchev–Trinajstić information content (AvgIpc) is 2.94. The van der Waals surface area contributed by atoms with Gasteiger partial charge in [0.2, 0.25) is 5.91 Å². The van der Waals surface area contributed by atoms with Crippen molar-refractivity contribution in [2.24, 2.45) is 0 Å². The lowest BCUT2D eigenvalue weighted by Gasteiger charge is -2.49. The van der Waals surface area contributed by atoms with Gasteiger partial charge in [0, 0.05) is 48.5 Å². The number of thioether (sulfide) groups is 1. The van der Waals surface area contributed by atoms with Crippen molar-refractivity contribution in [3.05, 3.63) is 0 Å². The molecule has 0 aromatic heterocycles. The van der Waals surface area contributed by atoms with Crippen molar-refractivity contribution in [1.29, 1.82) is 5.26 Å². The predicted molar refractivity (Wildman–Crippen MR) is 153 cm³/mol. The van der Waals surface area contributed by atoms with Crippen LogP contribution < -0.4 is 5.32 Å². The Balaban J connectivity index is 2.72. The molecule has 47 heavy (non-hydrogen) atoms. The van der Waals surface area contributed by atoms with Crippen molar-refractivity contribution in [3.8, 4) is 6.07 Å². The molecule has 2 heterocycles. The predicted octanol–water partition coefficient (Wildman–Crippen LogP) is -0.564. The van der Waals surface area contributed by atoms with Gasteiger partial charge in [-0.15, -0.1) is 11.8 Å². The third-order valence-corrected chi connectivity index (χ3v) is 7.35. The van der Waals surface area contributed by atoms with E-state index < -0.39 is 115 Å². The highest BCUT2D eigenvalue weighted by atomic mass is 32.2. The van der Waals surface area contributed by atoms with E-state index in [2.05, 4.69) is 5.32 Å². The van der Waals surface area contributed by atoms with E-state index in [0.29, 0.717) is 0 Å². The second-order valence-corrected chi connectivity index (χ2v) is 11.4. The maximum Gasteiger partial charge on any atom is 0.303 e. The van der Waals surface area contributed by atoms with Crippen molar-refractivity contribution in [2.45, 2.75) is 109 Å². The van der Waals surface area contributed by atoms with Crippen LogP contribution in [0.4, 0.5) is 0 Å². The summed E-state index contributed by atoms with van der Waals surface area (Å²) in [5.41, 5.74) is -1.03. The summed E-state index contributed by atoms with van der Waals surface area (Å²) in [4.78, 5) is 84.7. The van der Waals surface area contributed by atoms with E-state index in [9.17, 15) is 38.8 Å². The fraction of sp³-hybridized carbons (Fsp3) is 0.714. The summed E-state index contributed by atoms with van der Waals surface area (Å²) in [5.74, 6) is -5.59. The highest BCUT2D eigenvalue weighted by Gasteiger charge is 2.56. The summed E-state index contributed by atoms with van der Waals surface area (Å²) >= 11 is 0.956. The van der Waals surface area contributed by atoms with Crippen molar-refractivity contribution in [3.63, 3.8) is 0 Å². The van der Waals surface area contributed by atoms with Crippen molar-refractivity contribution >= 4 is 53.5 Å². The third-order valence-electron chi connectivity index (χ3n) is 6.32. The number of nitrogens with one attached hydrogen (secondary N) is 1. The zero-order valence-corrected chi connectivity index (χ0v) is 27.6. The van der Waals surface area contributed by atoms with Crippen LogP contribution in [0, 0.1) is 11.3 Å². The standard InChI is InChI=1S/C28H38N2O16S/c1-12(31)30-21-24(41-16(5)35)22(20(11-39-14(3)33)45-28(21)47-9-8-29)46-27-26(43-18(7)37)25(42-17(6)36)23(40-15(4)34)19(44-27)10-38-13(2)32/h19-28H,9-11H2,1-7H3,(H,30,31)/t19-,20-,21-,22-,23+,24-,25+,26-,27+,28+/m1/s1. The van der Waals surface area contributed by atoms with E-state index in [1.54, 1.807) is 0 Å². The molecule has 10 atom stereocenters. The van der Waals surface area contributed by atoms with Crippen molar-refractivity contribution < 1.29 is 76.2 Å². The molecule has 2 rings (SSSR count). The van der Waals surface area contributed by atoms with Crippen LogP contribution >= 0.6 is 11.8 Å². The molecule has 0 bridgehead atoms. The number of rotatable bonds is 13. The second kappa shape index (κ2) is 18.4. The number of ether oxygens (including phenoxy) is 9. The molecule has 19 heteroatoms. The SMILES string of the molecule is CC(=O)N[C@@H]1[C@@H](OC(C)=O)[C@H](O[C@@H]2O[C@H](COC(C)=O)[C@H](OC(C)=O)[C@H](OC(C)=O)[C@H]2OC(C)=O)[C@@H](COC(C)=O)O[C@H]1SCC#N. The Kier molecular flexibility index (Phi) is 15.3. The quantitative estimate of drug-likeness (QED) is 0.188. The smallest absolute Gasteiger partial charge is 0.303 e. The Labute approximate surface area is 274 Å². The van der Waals surface area contributed by atoms with E-state index in [1.165, 1.54) is 6.92 Å². The molecular formula is C28H38N2O16S. The van der Waals surface area contributed by atoms with Gasteiger partial charge in [0.05, 0.1) is 11.8 Å². The summed E-state index contributed by atoms with van der Waals surface area (Å²) in [6.07, 6.45) is -12.0. The van der Waals surface area contributed by atoms with Crippen molar-refractivity contribution in [2.75, 3.05) is 19.0 Å². The number of nitrogens with zero attached hydrogens (tertiary/aromatic N) is 1. The number of amides is 1. The molecule has 2 fully saturated rings. The van der Waals surface area contributed by atoms with Gasteiger partial charge in [0.1, 0.15) is 43.0 Å². The lowest BCUT2D eigenvalue weighted by atomic mass is 9.95. The van der Waals surface area contributed by atoms with Gasteiger partial charge in [0.15, 0.2) is 30.7 Å². The summed E-state index contributed by atoms with van der Waals surface area (Å²) in [5, 5.41) is 11.8. The van der Waals surface area contributed by atoms with Crippen LogP contribution in [-0.2, 0) is 76.2 Å². The maximum absolute atomic E-state index is 12.4. The second-order valence-electron chi connectivity index (χ2n) is 10.3. The molecule has 0 aromatic rings. The lowest BCUT2D eigenvalue weighted by Crippen LogP contribution is -2.68. The van der Waals surface area contributed by atoms with Gasteiger partial charge in [-0.2, -0.15) is 5.26 Å². The van der Waals surface area contributed by atoms with E-state index in [4.69, 9.17) is 42.6 Å². The molecule has 0 aromatic carbocycles. The van der Waals surface area contributed by atoms with E-state index in [0.717, 1.165) is 53.3 Å². The van der Waals surface area contributed by atoms with Gasteiger partial charge in [-0.05, 0) is 0 Å². The first-order valence-corrected chi connectivity index (χ1v) is 15.3. The van der Waals surface area contributed by atoms with Crippen LogP contribution in [-0.4, -0.2) is 121 Å². The first-order chi connectivity index (χ1) is 22.0. The molecule has 1 N–H and O–H groups in total. The highest BCUT2D eigenvalue weighted by Crippen LogP contribution is 2.36. The lowest BCUT2D eigenvalue weighted by molar-refractivity contribution is -0.336. The molecule has 2 aliphatic heterocycles. The van der Waals surface area contributed by atoms with E-state index in [-0.39, 0.29) is 5.75 Å². The molecule has 0 spiro atoms. The molecule has 2 saturated heterocycles. The molecule has 2 aliphatic rings. The van der Waals surface area contributed by atoms with Gasteiger partial charge >= 0.3 is 35.8 Å². The Morgan fingerprint density at radius 3 is 1.57 bits per heavy atom. The van der Waals surface area contributed by atoms with E-state index in [1.807, 2.05) is 6.07 Å². The average molecular weight is 691 g/mol. The molecule has 262 valence electrons. The summed E-state index contributed by atoms with van der Waals surface area (Å²) in [7, 11) is 0. The molecule has 0 radical (unpaired) electrons. The van der Waals surface area contributed by atoms with Gasteiger partial charge in [-0.25, -0.2) is 0 Å². The Bertz CT molecular complexity index is 1220. The zero-order chi connectivity index (χ0) is 35.4. The van der Waals surface area contributed by atoms with Gasteiger partial charge < -0.3 is 47.9 Å². The monoisotopic (exact) mass is 690 g/mol. The minimum absolute atomic E-state index is 0.112. The Morgan fingerprint density at radius 2 is 1.11 bits per heavy atom. The van der Waals surface area contributed by atoms with Crippen LogP contribution in [0.15, 0.2) is 0 Å². The normalized spacial score (nSPS) is 30.0. The first kappa shape index (κ1) is 39.2. The van der Waals surface area contributed by atoms with Crippen LogP contribution in [0.2, 0.25) is 0 Å². The topological polar surface area (TPSA) is 238 Å². The first-order valence-electron chi connectivity index (χ1n) is 14.2. The van der Waals surface area contributed by atoms with Crippen LogP contribution in [0.5, 0.6) is 0 Å². The summed E-state index contributed by atoms with van der Waals surface area (Å²) in [6, 6.07) is 0.784. The minimum atomic E-state index is -1.75. The number of esters is 6. The number of carbonyl (C=O) groups excluding carboxylic acids is 7. The summed E-state index contributed by atoms with van der Waals surface area (Å²) in [6.45, 7) is 6.61. The Morgan fingerprint density at radius 1 is 0.638 bits per heavy atom. The number of hydrogen-bond donors (Lipinski definition) is 1. The number of hydrogen-bond acceptors (Lipinski definition) is 18. The van der Waals surface area contributed by atoms with Gasteiger partial charge in [0.25, 0.3) is 0 Å². The van der Waals surface area contributed by atoms with Crippen LogP contribution in [0.3, 0.4) is 0 Å². The maximum atomic E-state index is 12.4. The highest BCUT2D eigenvalue weighted by molar-refractivity contribution is 8.00. The molecule has 18 nitrogen and oxygen atoms in total. The molecule has 0 unspecified atom stereocenters. The largest absolute Gasteiger partial charge is 0.463 e. The number of nitriles is 1. The fourth-order valence-electron chi connectivity index (χ4n) is 4.84. The van der Waals surface area contributed by atoms with E-state index >= 15 is 0 Å². The van der Waals surface area contributed by atoms with Gasteiger partial charge in [-0.3, -0.25) is 33.6 Å². The zero-order valence-electron chi connectivity index (χ0n) is 26.8. The molecule has 0 aliphatic carbocycles. The number of carbonyl (C=O) groups is 7. The van der Waals surface area contributed by atoms with Crippen LogP contribution in [0.1, 0.15) is 48.5 Å². The fourth-order valence-corrected chi connectivity index (χ4v) is 5.73. The molecule has 1 amide bonds.